The van der Waals surface area contributed by atoms with Gasteiger partial charge in [0.05, 0.1) is 10.5 Å². The minimum absolute atomic E-state index is 0.0752. The van der Waals surface area contributed by atoms with Crippen LogP contribution in [0.3, 0.4) is 0 Å². The third-order valence-electron chi connectivity index (χ3n) is 6.59. The van der Waals surface area contributed by atoms with Crippen molar-refractivity contribution in [1.29, 1.82) is 0 Å². The summed E-state index contributed by atoms with van der Waals surface area (Å²) in [6.07, 6.45) is 8.91. The number of fused-ring (bicyclic) bond motifs is 1. The zero-order valence-corrected chi connectivity index (χ0v) is 19.8. The quantitative estimate of drug-likeness (QED) is 0.506. The lowest BCUT2D eigenvalue weighted by Gasteiger charge is -2.34. The number of aromatic nitrogens is 2. The summed E-state index contributed by atoms with van der Waals surface area (Å²) in [4.78, 5) is 38.4. The van der Waals surface area contributed by atoms with Crippen molar-refractivity contribution in [2.45, 2.75) is 38.1 Å². The fourth-order valence-electron chi connectivity index (χ4n) is 4.74. The van der Waals surface area contributed by atoms with E-state index < -0.39 is 0 Å². The number of carbonyl (C=O) groups is 1. The van der Waals surface area contributed by atoms with Gasteiger partial charge in [-0.2, -0.15) is 0 Å². The number of hydrogen-bond acceptors (Lipinski definition) is 7. The van der Waals surface area contributed by atoms with Gasteiger partial charge in [-0.15, -0.1) is 0 Å². The summed E-state index contributed by atoms with van der Waals surface area (Å²) in [6, 6.07) is 5.71. The maximum absolute atomic E-state index is 13.5. The molecule has 2 aromatic rings. The summed E-state index contributed by atoms with van der Waals surface area (Å²) in [5, 5.41) is 0. The van der Waals surface area contributed by atoms with Crippen molar-refractivity contribution in [1.82, 2.24) is 19.2 Å². The minimum Gasteiger partial charge on any atom is -0.353 e. The number of thiocarbonyl (C=S) groups is 1. The van der Waals surface area contributed by atoms with E-state index in [2.05, 4.69) is 16.8 Å². The average Bonchev–Trinajstić information content (AvgIpc) is 3.09. The van der Waals surface area contributed by atoms with E-state index in [1.807, 2.05) is 18.2 Å². The van der Waals surface area contributed by atoms with E-state index in [4.69, 9.17) is 17.2 Å². The second-order valence-corrected chi connectivity index (χ2v) is 10.4. The third-order valence-corrected chi connectivity index (χ3v) is 7.92. The number of rotatable bonds is 3. The van der Waals surface area contributed by atoms with Gasteiger partial charge < -0.3 is 9.80 Å². The van der Waals surface area contributed by atoms with E-state index in [-0.39, 0.29) is 17.5 Å². The molecule has 3 aliphatic rings. The van der Waals surface area contributed by atoms with Crippen LogP contribution >= 0.6 is 24.0 Å². The summed E-state index contributed by atoms with van der Waals surface area (Å²) in [5.41, 5.74) is 0.910. The molecule has 5 rings (SSSR count). The second-order valence-electron chi connectivity index (χ2n) is 8.72. The number of piperazine rings is 1. The Balaban J connectivity index is 1.57. The van der Waals surface area contributed by atoms with Gasteiger partial charge >= 0.3 is 0 Å². The minimum atomic E-state index is -0.160. The number of nitrogens with zero attached hydrogens (tertiary/aromatic N) is 5. The summed E-state index contributed by atoms with van der Waals surface area (Å²) < 4.78 is 2.15. The van der Waals surface area contributed by atoms with Crippen LogP contribution in [-0.2, 0) is 4.79 Å². The van der Waals surface area contributed by atoms with Crippen molar-refractivity contribution in [3.63, 3.8) is 0 Å². The first-order chi connectivity index (χ1) is 15.5. The van der Waals surface area contributed by atoms with Crippen LogP contribution in [0.1, 0.15) is 37.7 Å². The largest absolute Gasteiger partial charge is 0.353 e. The van der Waals surface area contributed by atoms with Crippen LogP contribution in [0.4, 0.5) is 5.82 Å². The molecular formula is C23H27N5O2S2. The highest BCUT2D eigenvalue weighted by Gasteiger charge is 2.38. The number of amides is 1. The zero-order valence-electron chi connectivity index (χ0n) is 18.2. The van der Waals surface area contributed by atoms with Crippen molar-refractivity contribution in [3.05, 3.63) is 45.2 Å². The summed E-state index contributed by atoms with van der Waals surface area (Å²) in [7, 11) is 2.09. The second kappa shape index (κ2) is 8.96. The predicted octanol–water partition coefficient (Wildman–Crippen LogP) is 2.98. The molecule has 0 aromatic carbocycles. The number of carbonyl (C=O) groups excluding carboxylic acids is 1. The molecule has 1 aliphatic carbocycles. The maximum atomic E-state index is 13.5. The number of likely N-dealkylation sites (N-methyl/N-ethyl adjacent to an activating group) is 1. The molecule has 7 nitrogen and oxygen atoms in total. The van der Waals surface area contributed by atoms with Gasteiger partial charge in [0.1, 0.15) is 15.8 Å². The molecule has 2 aliphatic heterocycles. The van der Waals surface area contributed by atoms with Crippen LogP contribution < -0.4 is 10.5 Å². The molecule has 2 aromatic heterocycles. The van der Waals surface area contributed by atoms with Crippen molar-refractivity contribution in [3.8, 4) is 0 Å². The molecule has 3 fully saturated rings. The molecule has 1 amide bonds. The molecule has 32 heavy (non-hydrogen) atoms. The lowest BCUT2D eigenvalue weighted by Crippen LogP contribution is -2.45. The Labute approximate surface area is 197 Å². The monoisotopic (exact) mass is 469 g/mol. The van der Waals surface area contributed by atoms with E-state index in [1.165, 1.54) is 18.2 Å². The molecule has 1 saturated carbocycles. The first kappa shape index (κ1) is 21.6. The van der Waals surface area contributed by atoms with Gasteiger partial charge in [0.2, 0.25) is 0 Å². The highest BCUT2D eigenvalue weighted by Crippen LogP contribution is 2.37. The standard InChI is InChI=1S/C23H27N5O2S2/c1-25-11-13-26(14-12-25)20-17(21(29)27-10-6-5-9-19(27)24-20)15-18-22(30)28(23(31)32-18)16-7-3-2-4-8-16/h5-6,9-10,15-16H,2-4,7-8,11-14H2,1H3. The molecule has 0 bridgehead atoms. The predicted molar refractivity (Wildman–Crippen MR) is 133 cm³/mol. The molecule has 168 valence electrons. The summed E-state index contributed by atoms with van der Waals surface area (Å²) in [6.45, 7) is 3.38. The number of hydrogen-bond donors (Lipinski definition) is 0. The lowest BCUT2D eigenvalue weighted by atomic mass is 9.94. The van der Waals surface area contributed by atoms with Crippen LogP contribution in [-0.4, -0.2) is 68.7 Å². The van der Waals surface area contributed by atoms with E-state index in [0.29, 0.717) is 26.3 Å². The lowest BCUT2D eigenvalue weighted by molar-refractivity contribution is -0.124. The average molecular weight is 470 g/mol. The SMILES string of the molecule is CN1CCN(c2nc3ccccn3c(=O)c2C=C2SC(=S)N(C3CCCCC3)C2=O)CC1. The first-order valence-corrected chi connectivity index (χ1v) is 12.5. The highest BCUT2D eigenvalue weighted by atomic mass is 32.2. The number of thioether (sulfide) groups is 1. The third kappa shape index (κ3) is 3.97. The highest BCUT2D eigenvalue weighted by molar-refractivity contribution is 8.26. The number of anilines is 1. The number of pyridine rings is 1. The van der Waals surface area contributed by atoms with Crippen LogP contribution in [0.5, 0.6) is 0 Å². The summed E-state index contributed by atoms with van der Waals surface area (Å²) >= 11 is 6.89. The van der Waals surface area contributed by atoms with Crippen LogP contribution in [0, 0.1) is 0 Å². The normalized spacial score (nSPS) is 22.5. The van der Waals surface area contributed by atoms with E-state index in [1.54, 1.807) is 21.6 Å². The molecule has 0 radical (unpaired) electrons. The Morgan fingerprint density at radius 3 is 2.59 bits per heavy atom. The Hall–Kier alpha value is -2.23. The Morgan fingerprint density at radius 2 is 1.84 bits per heavy atom. The van der Waals surface area contributed by atoms with Crippen LogP contribution in [0.25, 0.3) is 11.7 Å². The Kier molecular flexibility index (Phi) is 6.05. The molecule has 0 spiro atoms. The van der Waals surface area contributed by atoms with Crippen LogP contribution in [0.15, 0.2) is 34.1 Å². The molecular weight excluding hydrogens is 442 g/mol. The van der Waals surface area contributed by atoms with Crippen molar-refractivity contribution in [2.24, 2.45) is 0 Å². The van der Waals surface area contributed by atoms with Gasteiger partial charge in [-0.25, -0.2) is 4.98 Å². The zero-order chi connectivity index (χ0) is 22.2. The smallest absolute Gasteiger partial charge is 0.267 e. The first-order valence-electron chi connectivity index (χ1n) is 11.2. The topological polar surface area (TPSA) is 61.2 Å². The van der Waals surface area contributed by atoms with Crippen molar-refractivity contribution < 1.29 is 4.79 Å². The fourth-order valence-corrected chi connectivity index (χ4v) is 6.12. The maximum Gasteiger partial charge on any atom is 0.267 e. The van der Waals surface area contributed by atoms with Gasteiger partial charge in [-0.3, -0.25) is 18.9 Å². The molecule has 4 heterocycles. The van der Waals surface area contributed by atoms with Gasteiger partial charge in [0.25, 0.3) is 11.5 Å². The molecule has 9 heteroatoms. The summed E-state index contributed by atoms with van der Waals surface area (Å²) in [5.74, 6) is 0.575. The van der Waals surface area contributed by atoms with Crippen LogP contribution in [0.2, 0.25) is 0 Å². The van der Waals surface area contributed by atoms with E-state index in [9.17, 15) is 9.59 Å². The fraction of sp³-hybridized carbons (Fsp3) is 0.478. The van der Waals surface area contributed by atoms with E-state index in [0.717, 1.165) is 51.9 Å². The molecule has 2 saturated heterocycles. The molecule has 0 atom stereocenters. The van der Waals surface area contributed by atoms with Crippen molar-refractivity contribution in [2.75, 3.05) is 38.1 Å². The van der Waals surface area contributed by atoms with Gasteiger partial charge in [-0.05, 0) is 38.1 Å². The van der Waals surface area contributed by atoms with Gasteiger partial charge in [0, 0.05) is 38.4 Å². The van der Waals surface area contributed by atoms with E-state index >= 15 is 0 Å². The van der Waals surface area contributed by atoms with Crippen molar-refractivity contribution >= 4 is 51.7 Å². The Morgan fingerprint density at radius 1 is 1.09 bits per heavy atom. The van der Waals surface area contributed by atoms with Gasteiger partial charge in [0.15, 0.2) is 0 Å². The van der Waals surface area contributed by atoms with Gasteiger partial charge in [-0.1, -0.05) is 49.3 Å². The molecule has 0 unspecified atom stereocenters. The molecule has 0 N–H and O–H groups in total. The Bertz CT molecular complexity index is 1150.